The Morgan fingerprint density at radius 1 is 1.37 bits per heavy atom. The minimum absolute atomic E-state index is 0.473. The van der Waals surface area contributed by atoms with E-state index in [1.54, 1.807) is 0 Å². The molecule has 1 unspecified atom stereocenters. The minimum atomic E-state index is 0.473. The van der Waals surface area contributed by atoms with Crippen molar-refractivity contribution < 1.29 is 0 Å². The molecule has 1 atom stereocenters. The zero-order valence-corrected chi connectivity index (χ0v) is 11.0. The molecule has 0 amide bonds. The Morgan fingerprint density at radius 3 is 3.05 bits per heavy atom. The van der Waals surface area contributed by atoms with E-state index in [1.807, 2.05) is 18.5 Å². The van der Waals surface area contributed by atoms with Crippen molar-refractivity contribution >= 4 is 5.95 Å². The molecule has 1 aliphatic carbocycles. The molecule has 0 aliphatic heterocycles. The number of allylic oxidation sites excluding steroid dienone is 1. The third kappa shape index (κ3) is 2.55. The molecule has 0 bridgehead atoms. The quantitative estimate of drug-likeness (QED) is 0.849. The number of nitrogens with one attached hydrogen (secondary N) is 1. The Bertz CT molecular complexity index is 571. The second-order valence-electron chi connectivity index (χ2n) is 5.04. The number of rotatable bonds is 4. The largest absolute Gasteiger partial charge is 0.353 e. The van der Waals surface area contributed by atoms with E-state index in [4.69, 9.17) is 0 Å². The minimum Gasteiger partial charge on any atom is -0.353 e. The van der Waals surface area contributed by atoms with E-state index in [-0.39, 0.29) is 0 Å². The highest BCUT2D eigenvalue weighted by Gasteiger charge is 2.19. The summed E-state index contributed by atoms with van der Waals surface area (Å²) in [5.74, 6) is 0.948. The molecular weight excluding hydrogens is 234 g/mol. The summed E-state index contributed by atoms with van der Waals surface area (Å²) in [7, 11) is 0. The highest BCUT2D eigenvalue weighted by Crippen LogP contribution is 2.23. The molecule has 1 aliphatic rings. The summed E-state index contributed by atoms with van der Waals surface area (Å²) < 4.78 is 2.09. The molecule has 3 heteroatoms. The topological polar surface area (TPSA) is 29.9 Å². The van der Waals surface area contributed by atoms with Crippen LogP contribution >= 0.6 is 0 Å². The number of hydrogen-bond donors (Lipinski definition) is 1. The van der Waals surface area contributed by atoms with Crippen LogP contribution in [0.15, 0.2) is 49.3 Å². The fraction of sp³-hybridized carbons (Fsp3) is 0.312. The highest BCUT2D eigenvalue weighted by molar-refractivity contribution is 5.35. The highest BCUT2D eigenvalue weighted by atomic mass is 15.2. The maximum Gasteiger partial charge on any atom is 0.203 e. The van der Waals surface area contributed by atoms with Crippen LogP contribution in [0.3, 0.4) is 0 Å². The van der Waals surface area contributed by atoms with E-state index in [9.17, 15) is 0 Å². The van der Waals surface area contributed by atoms with Crippen LogP contribution in [0.4, 0.5) is 5.95 Å². The van der Waals surface area contributed by atoms with Gasteiger partial charge in [0.25, 0.3) is 0 Å². The van der Waals surface area contributed by atoms with E-state index in [0.29, 0.717) is 6.04 Å². The number of imidazole rings is 1. The lowest BCUT2D eigenvalue weighted by molar-refractivity contribution is 0.601. The second kappa shape index (κ2) is 5.31. The SMILES string of the molecule is C=CCn1ccnc1NC1CCc2ccccc2C1. The Kier molecular flexibility index (Phi) is 3.36. The number of aromatic nitrogens is 2. The molecular formula is C16H19N3. The maximum absolute atomic E-state index is 4.39. The standard InChI is InChI=1S/C16H19N3/c1-2-10-19-11-9-17-16(19)18-15-8-7-13-5-3-4-6-14(13)12-15/h2-6,9,11,15H,1,7-8,10,12H2,(H,17,18). The molecule has 19 heavy (non-hydrogen) atoms. The van der Waals surface area contributed by atoms with E-state index in [0.717, 1.165) is 31.8 Å². The monoisotopic (exact) mass is 253 g/mol. The number of benzene rings is 1. The fourth-order valence-corrected chi connectivity index (χ4v) is 2.74. The second-order valence-corrected chi connectivity index (χ2v) is 5.04. The summed E-state index contributed by atoms with van der Waals surface area (Å²) in [6.45, 7) is 4.57. The summed E-state index contributed by atoms with van der Waals surface area (Å²) in [6, 6.07) is 9.20. The first-order valence-electron chi connectivity index (χ1n) is 6.82. The normalized spacial score (nSPS) is 17.8. The van der Waals surface area contributed by atoms with Gasteiger partial charge in [-0.2, -0.15) is 0 Å². The summed E-state index contributed by atoms with van der Waals surface area (Å²) in [4.78, 5) is 4.39. The van der Waals surface area contributed by atoms with Crippen molar-refractivity contribution in [2.24, 2.45) is 0 Å². The summed E-state index contributed by atoms with van der Waals surface area (Å²) >= 11 is 0. The first kappa shape index (κ1) is 12.0. The number of aryl methyl sites for hydroxylation is 1. The Labute approximate surface area is 114 Å². The van der Waals surface area contributed by atoms with E-state index < -0.39 is 0 Å². The van der Waals surface area contributed by atoms with Crippen molar-refractivity contribution in [1.82, 2.24) is 9.55 Å². The Morgan fingerprint density at radius 2 is 2.21 bits per heavy atom. The molecule has 0 radical (unpaired) electrons. The summed E-state index contributed by atoms with van der Waals surface area (Å²) in [6.07, 6.45) is 9.11. The van der Waals surface area contributed by atoms with Gasteiger partial charge in [-0.1, -0.05) is 30.3 Å². The molecule has 0 saturated carbocycles. The molecule has 3 nitrogen and oxygen atoms in total. The molecule has 0 saturated heterocycles. The molecule has 1 N–H and O–H groups in total. The van der Waals surface area contributed by atoms with E-state index in [1.165, 1.54) is 11.1 Å². The smallest absolute Gasteiger partial charge is 0.203 e. The average Bonchev–Trinajstić information content (AvgIpc) is 2.86. The third-order valence-corrected chi connectivity index (χ3v) is 3.72. The molecule has 98 valence electrons. The zero-order chi connectivity index (χ0) is 13.1. The van der Waals surface area contributed by atoms with Crippen molar-refractivity contribution in [1.29, 1.82) is 0 Å². The van der Waals surface area contributed by atoms with Gasteiger partial charge in [-0.3, -0.25) is 0 Å². The van der Waals surface area contributed by atoms with Gasteiger partial charge in [0.2, 0.25) is 5.95 Å². The lowest BCUT2D eigenvalue weighted by Crippen LogP contribution is -2.28. The van der Waals surface area contributed by atoms with Gasteiger partial charge in [-0.05, 0) is 30.4 Å². The van der Waals surface area contributed by atoms with Crippen LogP contribution in [0.25, 0.3) is 0 Å². The lowest BCUT2D eigenvalue weighted by Gasteiger charge is -2.26. The van der Waals surface area contributed by atoms with Crippen LogP contribution in [0.1, 0.15) is 17.5 Å². The van der Waals surface area contributed by atoms with Crippen LogP contribution in [0.2, 0.25) is 0 Å². The Balaban J connectivity index is 1.72. The van der Waals surface area contributed by atoms with Crippen LogP contribution < -0.4 is 5.32 Å². The van der Waals surface area contributed by atoms with E-state index in [2.05, 4.69) is 45.7 Å². The zero-order valence-electron chi connectivity index (χ0n) is 11.0. The van der Waals surface area contributed by atoms with Crippen molar-refractivity contribution in [2.45, 2.75) is 31.8 Å². The molecule has 0 fully saturated rings. The Hall–Kier alpha value is -2.03. The molecule has 1 aromatic carbocycles. The average molecular weight is 253 g/mol. The van der Waals surface area contributed by atoms with Crippen molar-refractivity contribution in [2.75, 3.05) is 5.32 Å². The molecule has 0 spiro atoms. The fourth-order valence-electron chi connectivity index (χ4n) is 2.74. The number of anilines is 1. The molecule has 1 heterocycles. The van der Waals surface area contributed by atoms with E-state index >= 15 is 0 Å². The van der Waals surface area contributed by atoms with Gasteiger partial charge in [0.15, 0.2) is 0 Å². The molecule has 1 aromatic heterocycles. The number of nitrogens with zero attached hydrogens (tertiary/aromatic N) is 2. The maximum atomic E-state index is 4.39. The first-order valence-corrected chi connectivity index (χ1v) is 6.82. The third-order valence-electron chi connectivity index (χ3n) is 3.72. The molecule has 2 aromatic rings. The van der Waals surface area contributed by atoms with Gasteiger partial charge in [0.05, 0.1) is 0 Å². The van der Waals surface area contributed by atoms with Gasteiger partial charge >= 0.3 is 0 Å². The lowest BCUT2D eigenvalue weighted by atomic mass is 9.88. The van der Waals surface area contributed by atoms with Crippen LogP contribution in [-0.4, -0.2) is 15.6 Å². The summed E-state index contributed by atoms with van der Waals surface area (Å²) in [5.41, 5.74) is 2.96. The van der Waals surface area contributed by atoms with Gasteiger partial charge in [0, 0.05) is 25.0 Å². The van der Waals surface area contributed by atoms with Crippen molar-refractivity contribution in [3.8, 4) is 0 Å². The first-order chi connectivity index (χ1) is 9.36. The molecule has 3 rings (SSSR count). The van der Waals surface area contributed by atoms with Crippen LogP contribution in [0.5, 0.6) is 0 Å². The predicted molar refractivity (Wildman–Crippen MR) is 78.3 cm³/mol. The van der Waals surface area contributed by atoms with Crippen molar-refractivity contribution in [3.05, 3.63) is 60.4 Å². The van der Waals surface area contributed by atoms with Gasteiger partial charge < -0.3 is 9.88 Å². The van der Waals surface area contributed by atoms with Crippen LogP contribution in [-0.2, 0) is 19.4 Å². The van der Waals surface area contributed by atoms with Crippen LogP contribution in [0, 0.1) is 0 Å². The van der Waals surface area contributed by atoms with Gasteiger partial charge in [0.1, 0.15) is 0 Å². The summed E-state index contributed by atoms with van der Waals surface area (Å²) in [5, 5.41) is 3.56. The van der Waals surface area contributed by atoms with Crippen molar-refractivity contribution in [3.63, 3.8) is 0 Å². The predicted octanol–water partition coefficient (Wildman–Crippen LogP) is 3.04. The number of hydrogen-bond acceptors (Lipinski definition) is 2. The number of fused-ring (bicyclic) bond motifs is 1. The van der Waals surface area contributed by atoms with Gasteiger partial charge in [-0.25, -0.2) is 4.98 Å². The van der Waals surface area contributed by atoms with Gasteiger partial charge in [-0.15, -0.1) is 6.58 Å².